The van der Waals surface area contributed by atoms with Crippen LogP contribution in [0.2, 0.25) is 5.02 Å². The number of nitrogens with one attached hydrogen (secondary N) is 1. The number of amidine groups is 1. The van der Waals surface area contributed by atoms with Gasteiger partial charge in [-0.05, 0) is 37.3 Å². The number of halogens is 1. The Morgan fingerprint density at radius 1 is 0.800 bits per heavy atom. The van der Waals surface area contributed by atoms with Crippen LogP contribution in [0, 0.1) is 6.92 Å². The zero-order chi connectivity index (χ0) is 17.2. The van der Waals surface area contributed by atoms with Crippen molar-refractivity contribution in [3.05, 3.63) is 100 Å². The second kappa shape index (κ2) is 6.54. The Morgan fingerprint density at radius 3 is 2.24 bits per heavy atom. The number of aliphatic imine (C=N–C) groups is 1. The molecule has 0 aromatic heterocycles. The molecule has 0 amide bonds. The van der Waals surface area contributed by atoms with E-state index in [0.717, 1.165) is 28.1 Å². The van der Waals surface area contributed by atoms with Crippen molar-refractivity contribution in [3.8, 4) is 0 Å². The third-order valence-corrected chi connectivity index (χ3v) is 4.36. The maximum absolute atomic E-state index is 5.99. The van der Waals surface area contributed by atoms with Crippen molar-refractivity contribution in [2.75, 3.05) is 0 Å². The maximum Gasteiger partial charge on any atom is 0.154 e. The minimum atomic E-state index is 0.696. The fourth-order valence-electron chi connectivity index (χ4n) is 2.75. The van der Waals surface area contributed by atoms with Crippen LogP contribution < -0.4 is 5.43 Å². The van der Waals surface area contributed by atoms with Crippen LogP contribution in [0.4, 0.5) is 5.69 Å². The van der Waals surface area contributed by atoms with E-state index in [4.69, 9.17) is 16.6 Å². The normalized spacial score (nSPS) is 13.2. The van der Waals surface area contributed by atoms with Crippen molar-refractivity contribution in [2.45, 2.75) is 6.92 Å². The van der Waals surface area contributed by atoms with E-state index in [2.05, 4.69) is 41.7 Å². The third kappa shape index (κ3) is 3.19. The zero-order valence-corrected chi connectivity index (χ0v) is 14.5. The Morgan fingerprint density at radius 2 is 1.48 bits per heavy atom. The van der Waals surface area contributed by atoms with Crippen molar-refractivity contribution in [1.82, 2.24) is 5.43 Å². The lowest BCUT2D eigenvalue weighted by Crippen LogP contribution is -2.19. The smallest absolute Gasteiger partial charge is 0.154 e. The first-order chi connectivity index (χ1) is 12.2. The first-order valence-corrected chi connectivity index (χ1v) is 8.43. The SMILES string of the molecule is Cc1ccc(C2=NNC(c3ccc(Cl)cc3)=Nc3ccccc32)cc1. The van der Waals surface area contributed by atoms with E-state index in [1.807, 2.05) is 48.5 Å². The fraction of sp³-hybridized carbons (Fsp3) is 0.0476. The molecule has 122 valence electrons. The monoisotopic (exact) mass is 345 g/mol. The molecule has 0 radical (unpaired) electrons. The molecule has 0 saturated heterocycles. The van der Waals surface area contributed by atoms with Gasteiger partial charge in [-0.3, -0.25) is 5.43 Å². The number of fused-ring (bicyclic) bond motifs is 1. The predicted molar refractivity (Wildman–Crippen MR) is 104 cm³/mol. The average molecular weight is 346 g/mol. The molecule has 3 nitrogen and oxygen atoms in total. The highest BCUT2D eigenvalue weighted by atomic mass is 35.5. The number of nitrogens with zero attached hydrogens (tertiary/aromatic N) is 2. The highest BCUT2D eigenvalue weighted by Gasteiger charge is 2.16. The van der Waals surface area contributed by atoms with Gasteiger partial charge in [0.2, 0.25) is 0 Å². The van der Waals surface area contributed by atoms with Crippen LogP contribution in [0.5, 0.6) is 0 Å². The van der Waals surface area contributed by atoms with Gasteiger partial charge in [-0.15, -0.1) is 0 Å². The lowest BCUT2D eigenvalue weighted by Gasteiger charge is -2.07. The Kier molecular flexibility index (Phi) is 4.08. The van der Waals surface area contributed by atoms with E-state index in [0.29, 0.717) is 10.9 Å². The molecule has 0 saturated carbocycles. The summed E-state index contributed by atoms with van der Waals surface area (Å²) in [6.45, 7) is 2.08. The van der Waals surface area contributed by atoms with Crippen LogP contribution >= 0.6 is 11.6 Å². The summed E-state index contributed by atoms with van der Waals surface area (Å²) >= 11 is 5.99. The van der Waals surface area contributed by atoms with E-state index in [1.165, 1.54) is 5.56 Å². The second-order valence-electron chi connectivity index (χ2n) is 5.92. The van der Waals surface area contributed by atoms with Gasteiger partial charge in [0.1, 0.15) is 0 Å². The Hall–Kier alpha value is -2.91. The zero-order valence-electron chi connectivity index (χ0n) is 13.7. The predicted octanol–water partition coefficient (Wildman–Crippen LogP) is 5.08. The number of hydrazone groups is 1. The summed E-state index contributed by atoms with van der Waals surface area (Å²) in [7, 11) is 0. The molecule has 0 atom stereocenters. The summed E-state index contributed by atoms with van der Waals surface area (Å²) in [4.78, 5) is 4.78. The minimum absolute atomic E-state index is 0.696. The lowest BCUT2D eigenvalue weighted by atomic mass is 10.00. The Balaban J connectivity index is 1.83. The van der Waals surface area contributed by atoms with E-state index in [9.17, 15) is 0 Å². The fourth-order valence-corrected chi connectivity index (χ4v) is 2.88. The quantitative estimate of drug-likeness (QED) is 0.690. The van der Waals surface area contributed by atoms with Gasteiger partial charge in [0.25, 0.3) is 0 Å². The second-order valence-corrected chi connectivity index (χ2v) is 6.36. The largest absolute Gasteiger partial charge is 0.260 e. The van der Waals surface area contributed by atoms with E-state index in [-0.39, 0.29) is 0 Å². The minimum Gasteiger partial charge on any atom is -0.260 e. The van der Waals surface area contributed by atoms with Gasteiger partial charge in [0.05, 0.1) is 11.4 Å². The first-order valence-electron chi connectivity index (χ1n) is 8.05. The van der Waals surface area contributed by atoms with Crippen LogP contribution in [0.1, 0.15) is 22.3 Å². The summed E-state index contributed by atoms with van der Waals surface area (Å²) in [5, 5.41) is 5.34. The summed E-state index contributed by atoms with van der Waals surface area (Å²) in [6, 6.07) is 24.0. The molecule has 0 aliphatic carbocycles. The van der Waals surface area contributed by atoms with Crippen molar-refractivity contribution in [2.24, 2.45) is 10.1 Å². The number of aryl methyl sites for hydroxylation is 1. The number of hydrogen-bond donors (Lipinski definition) is 1. The molecule has 0 unspecified atom stereocenters. The maximum atomic E-state index is 5.99. The highest BCUT2D eigenvalue weighted by Crippen LogP contribution is 2.25. The van der Waals surface area contributed by atoms with E-state index in [1.54, 1.807) is 0 Å². The molecule has 4 rings (SSSR count). The van der Waals surface area contributed by atoms with Crippen LogP contribution in [-0.4, -0.2) is 11.5 Å². The molecule has 4 heteroatoms. The van der Waals surface area contributed by atoms with Crippen LogP contribution in [0.15, 0.2) is 82.9 Å². The molecular formula is C21H16ClN3. The van der Waals surface area contributed by atoms with Crippen molar-refractivity contribution in [3.63, 3.8) is 0 Å². The summed E-state index contributed by atoms with van der Waals surface area (Å²) in [5.41, 5.74) is 9.10. The van der Waals surface area contributed by atoms with E-state index >= 15 is 0 Å². The van der Waals surface area contributed by atoms with Crippen LogP contribution in [-0.2, 0) is 0 Å². The average Bonchev–Trinajstić information content (AvgIpc) is 2.83. The van der Waals surface area contributed by atoms with Gasteiger partial charge < -0.3 is 0 Å². The number of para-hydroxylation sites is 1. The molecule has 1 aliphatic rings. The number of hydrogen-bond acceptors (Lipinski definition) is 3. The Bertz CT molecular complexity index is 971. The summed E-state index contributed by atoms with van der Waals surface area (Å²) in [6.07, 6.45) is 0. The number of rotatable bonds is 2. The van der Waals surface area contributed by atoms with Gasteiger partial charge in [0, 0.05) is 21.7 Å². The highest BCUT2D eigenvalue weighted by molar-refractivity contribution is 6.30. The van der Waals surface area contributed by atoms with Crippen molar-refractivity contribution in [1.29, 1.82) is 0 Å². The Labute approximate surface area is 151 Å². The van der Waals surface area contributed by atoms with Crippen molar-refractivity contribution >= 4 is 28.8 Å². The van der Waals surface area contributed by atoms with Crippen molar-refractivity contribution < 1.29 is 0 Å². The van der Waals surface area contributed by atoms with Crippen LogP contribution in [0.3, 0.4) is 0 Å². The standard InChI is InChI=1S/C21H16ClN3/c1-14-6-8-15(9-7-14)20-18-4-2-3-5-19(18)23-21(25-24-20)16-10-12-17(22)13-11-16/h2-13H,1H3,(H,23,25). The molecule has 0 fully saturated rings. The molecule has 25 heavy (non-hydrogen) atoms. The summed E-state index contributed by atoms with van der Waals surface area (Å²) < 4.78 is 0. The third-order valence-electron chi connectivity index (χ3n) is 4.11. The molecule has 1 N–H and O–H groups in total. The molecule has 1 aliphatic heterocycles. The topological polar surface area (TPSA) is 36.8 Å². The molecule has 3 aromatic rings. The molecule has 0 spiro atoms. The van der Waals surface area contributed by atoms with Gasteiger partial charge in [-0.25, -0.2) is 4.99 Å². The van der Waals surface area contributed by atoms with Gasteiger partial charge >= 0.3 is 0 Å². The molecule has 0 bridgehead atoms. The first kappa shape index (κ1) is 15.6. The van der Waals surface area contributed by atoms with E-state index < -0.39 is 0 Å². The molecular weight excluding hydrogens is 330 g/mol. The molecule has 1 heterocycles. The lowest BCUT2D eigenvalue weighted by molar-refractivity contribution is 1.03. The summed E-state index contributed by atoms with van der Waals surface area (Å²) in [5.74, 6) is 0.700. The molecule has 3 aromatic carbocycles. The number of benzene rings is 3. The van der Waals surface area contributed by atoms with Crippen LogP contribution in [0.25, 0.3) is 0 Å². The van der Waals surface area contributed by atoms with Gasteiger partial charge in [0.15, 0.2) is 5.84 Å². The van der Waals surface area contributed by atoms with Gasteiger partial charge in [-0.1, -0.05) is 59.6 Å². The van der Waals surface area contributed by atoms with Gasteiger partial charge in [-0.2, -0.15) is 5.10 Å².